The summed E-state index contributed by atoms with van der Waals surface area (Å²) in [5.74, 6) is 0. The van der Waals surface area contributed by atoms with E-state index in [-0.39, 0.29) is 5.56 Å². The Bertz CT molecular complexity index is 657. The quantitative estimate of drug-likeness (QED) is 0.834. The van der Waals surface area contributed by atoms with Gasteiger partial charge in [-0.2, -0.15) is 0 Å². The molecule has 2 N–H and O–H groups in total. The van der Waals surface area contributed by atoms with Gasteiger partial charge in [-0.05, 0) is 36.9 Å². The maximum absolute atomic E-state index is 11.5. The van der Waals surface area contributed by atoms with Gasteiger partial charge in [-0.15, -0.1) is 0 Å². The second-order valence-corrected chi connectivity index (χ2v) is 5.71. The number of hydrogen-bond acceptors (Lipinski definition) is 4. The molecule has 0 aliphatic carbocycles. The van der Waals surface area contributed by atoms with Crippen molar-refractivity contribution in [3.8, 4) is 0 Å². The lowest BCUT2D eigenvalue weighted by Gasteiger charge is -2.11. The normalized spacial score (nSPS) is 10.8. The summed E-state index contributed by atoms with van der Waals surface area (Å²) in [5, 5.41) is 4.49. The third kappa shape index (κ3) is 3.85. The zero-order valence-electron chi connectivity index (χ0n) is 11.4. The van der Waals surface area contributed by atoms with Crippen LogP contribution in [0.5, 0.6) is 0 Å². The largest absolute Gasteiger partial charge is 0.313 e. The number of aryl methyl sites for hydroxylation is 1. The van der Waals surface area contributed by atoms with E-state index in [9.17, 15) is 4.79 Å². The monoisotopic (exact) mass is 309 g/mol. The summed E-state index contributed by atoms with van der Waals surface area (Å²) in [6, 6.07) is 7.25. The fraction of sp³-hybridized carbons (Fsp3) is 0.286. The number of aromatic nitrogens is 2. The lowest BCUT2D eigenvalue weighted by Crippen LogP contribution is -2.13. The summed E-state index contributed by atoms with van der Waals surface area (Å²) in [4.78, 5) is 19.5. The van der Waals surface area contributed by atoms with Gasteiger partial charge < -0.3 is 10.3 Å². The van der Waals surface area contributed by atoms with Crippen LogP contribution in [0.4, 0.5) is 0 Å². The third-order valence-electron chi connectivity index (χ3n) is 2.66. The maximum atomic E-state index is 11.5. The molecule has 0 bridgehead atoms. The topological polar surface area (TPSA) is 57.8 Å². The number of H-pyrrole nitrogens is 1. The first-order valence-electron chi connectivity index (χ1n) is 6.34. The van der Waals surface area contributed by atoms with E-state index in [1.54, 1.807) is 6.92 Å². The fourth-order valence-electron chi connectivity index (χ4n) is 1.76. The van der Waals surface area contributed by atoms with Crippen molar-refractivity contribution in [2.24, 2.45) is 0 Å². The van der Waals surface area contributed by atoms with Crippen LogP contribution in [0.25, 0.3) is 0 Å². The van der Waals surface area contributed by atoms with Crippen molar-refractivity contribution in [1.82, 2.24) is 15.3 Å². The van der Waals surface area contributed by atoms with Crippen LogP contribution in [-0.4, -0.2) is 16.5 Å². The first kappa shape index (κ1) is 15.1. The number of nitrogens with zero attached hydrogens (tertiary/aromatic N) is 1. The molecule has 2 rings (SSSR count). The van der Waals surface area contributed by atoms with Gasteiger partial charge in [-0.1, -0.05) is 30.7 Å². The zero-order valence-corrected chi connectivity index (χ0v) is 12.9. The summed E-state index contributed by atoms with van der Waals surface area (Å²) < 4.78 is 0. The van der Waals surface area contributed by atoms with Crippen molar-refractivity contribution in [3.05, 3.63) is 50.9 Å². The molecule has 1 heterocycles. The molecule has 0 saturated heterocycles. The second-order valence-electron chi connectivity index (χ2n) is 4.30. The number of rotatable bonds is 5. The lowest BCUT2D eigenvalue weighted by atomic mass is 10.2. The van der Waals surface area contributed by atoms with Gasteiger partial charge >= 0.3 is 0 Å². The van der Waals surface area contributed by atoms with Crippen LogP contribution in [0.1, 0.15) is 18.2 Å². The summed E-state index contributed by atoms with van der Waals surface area (Å²) in [7, 11) is 0. The van der Waals surface area contributed by atoms with Gasteiger partial charge in [-0.3, -0.25) is 4.79 Å². The highest BCUT2D eigenvalue weighted by molar-refractivity contribution is 7.99. The van der Waals surface area contributed by atoms with Gasteiger partial charge in [0.2, 0.25) is 0 Å². The summed E-state index contributed by atoms with van der Waals surface area (Å²) in [5.41, 5.74) is 1.63. The molecular formula is C14H16ClN3OS. The van der Waals surface area contributed by atoms with Crippen molar-refractivity contribution in [1.29, 1.82) is 0 Å². The Morgan fingerprint density at radius 3 is 2.95 bits per heavy atom. The van der Waals surface area contributed by atoms with Crippen LogP contribution < -0.4 is 10.9 Å². The van der Waals surface area contributed by atoms with E-state index in [1.165, 1.54) is 17.8 Å². The fourth-order valence-corrected chi connectivity index (χ4v) is 3.04. The standard InChI is InChI=1S/C14H16ClN3OS/c1-3-16-8-10-5-4-6-11(15)13(10)20-14-17-9(2)7-12(19)18-14/h4-7,16H,3,8H2,1-2H3,(H,17,18,19). The van der Waals surface area contributed by atoms with Gasteiger partial charge in [0.25, 0.3) is 5.56 Å². The van der Waals surface area contributed by atoms with E-state index >= 15 is 0 Å². The predicted octanol–water partition coefficient (Wildman–Crippen LogP) is 2.99. The van der Waals surface area contributed by atoms with Crippen molar-refractivity contribution in [2.75, 3.05) is 6.54 Å². The second kappa shape index (κ2) is 6.92. The molecule has 0 unspecified atom stereocenters. The predicted molar refractivity (Wildman–Crippen MR) is 82.6 cm³/mol. The van der Waals surface area contributed by atoms with Gasteiger partial charge in [0.15, 0.2) is 5.16 Å². The van der Waals surface area contributed by atoms with Crippen molar-refractivity contribution in [3.63, 3.8) is 0 Å². The first-order chi connectivity index (χ1) is 9.60. The first-order valence-corrected chi connectivity index (χ1v) is 7.53. The summed E-state index contributed by atoms with van der Waals surface area (Å²) in [6.07, 6.45) is 0. The van der Waals surface area contributed by atoms with Gasteiger partial charge in [0.1, 0.15) is 0 Å². The van der Waals surface area contributed by atoms with Crippen molar-refractivity contribution in [2.45, 2.75) is 30.4 Å². The van der Waals surface area contributed by atoms with Crippen LogP contribution in [0, 0.1) is 6.92 Å². The van der Waals surface area contributed by atoms with E-state index < -0.39 is 0 Å². The Morgan fingerprint density at radius 2 is 2.25 bits per heavy atom. The minimum absolute atomic E-state index is 0.153. The van der Waals surface area contributed by atoms with Crippen LogP contribution in [0.3, 0.4) is 0 Å². The average molecular weight is 310 g/mol. The van der Waals surface area contributed by atoms with Gasteiger partial charge in [0.05, 0.1) is 5.02 Å². The molecule has 0 radical (unpaired) electrons. The zero-order chi connectivity index (χ0) is 14.5. The highest BCUT2D eigenvalue weighted by Crippen LogP contribution is 2.34. The van der Waals surface area contributed by atoms with E-state index in [4.69, 9.17) is 11.6 Å². The average Bonchev–Trinajstić information content (AvgIpc) is 2.38. The van der Waals surface area contributed by atoms with Gasteiger partial charge in [0, 0.05) is 23.2 Å². The number of benzene rings is 1. The molecule has 0 aliphatic rings. The molecule has 0 aliphatic heterocycles. The molecule has 0 atom stereocenters. The highest BCUT2D eigenvalue weighted by Gasteiger charge is 2.10. The van der Waals surface area contributed by atoms with E-state index in [2.05, 4.69) is 22.2 Å². The number of nitrogens with one attached hydrogen (secondary N) is 2. The molecule has 1 aromatic heterocycles. The molecule has 2 aromatic rings. The smallest absolute Gasteiger partial charge is 0.251 e. The Kier molecular flexibility index (Phi) is 5.23. The SMILES string of the molecule is CCNCc1cccc(Cl)c1Sc1nc(C)cc(=O)[nH]1. The van der Waals surface area contributed by atoms with Crippen molar-refractivity contribution >= 4 is 23.4 Å². The minimum atomic E-state index is -0.153. The molecule has 0 amide bonds. The Morgan fingerprint density at radius 1 is 1.45 bits per heavy atom. The highest BCUT2D eigenvalue weighted by atomic mass is 35.5. The molecule has 6 heteroatoms. The van der Waals surface area contributed by atoms with Crippen LogP contribution in [0.15, 0.2) is 39.1 Å². The minimum Gasteiger partial charge on any atom is -0.313 e. The summed E-state index contributed by atoms with van der Waals surface area (Å²) >= 11 is 7.65. The van der Waals surface area contributed by atoms with Crippen LogP contribution in [-0.2, 0) is 6.54 Å². The molecule has 4 nitrogen and oxygen atoms in total. The molecule has 20 heavy (non-hydrogen) atoms. The Balaban J connectivity index is 2.34. The van der Waals surface area contributed by atoms with E-state index in [0.717, 1.165) is 23.5 Å². The number of aromatic amines is 1. The van der Waals surface area contributed by atoms with Crippen LogP contribution >= 0.6 is 23.4 Å². The maximum Gasteiger partial charge on any atom is 0.251 e. The third-order valence-corrected chi connectivity index (χ3v) is 4.16. The van der Waals surface area contributed by atoms with Crippen LogP contribution in [0.2, 0.25) is 5.02 Å². The summed E-state index contributed by atoms with van der Waals surface area (Å²) in [6.45, 7) is 5.47. The van der Waals surface area contributed by atoms with Gasteiger partial charge in [-0.25, -0.2) is 4.98 Å². The van der Waals surface area contributed by atoms with Crippen molar-refractivity contribution < 1.29 is 0 Å². The molecule has 0 fully saturated rings. The molecule has 1 aromatic carbocycles. The van der Waals surface area contributed by atoms with E-state index in [1.807, 2.05) is 18.2 Å². The molecular weight excluding hydrogens is 294 g/mol. The lowest BCUT2D eigenvalue weighted by molar-refractivity contribution is 0.718. The Hall–Kier alpha value is -1.30. The Labute approximate surface area is 127 Å². The number of halogens is 1. The molecule has 0 spiro atoms. The van der Waals surface area contributed by atoms with E-state index in [0.29, 0.717) is 15.9 Å². The molecule has 106 valence electrons. The molecule has 0 saturated carbocycles. The number of hydrogen-bond donors (Lipinski definition) is 2.